The summed E-state index contributed by atoms with van der Waals surface area (Å²) in [4.78, 5) is 13.2. The summed E-state index contributed by atoms with van der Waals surface area (Å²) < 4.78 is 16.5. The number of carbonyl (C=O) groups is 1. The van der Waals surface area contributed by atoms with Crippen molar-refractivity contribution in [3.63, 3.8) is 0 Å². The van der Waals surface area contributed by atoms with Crippen LogP contribution in [0.5, 0.6) is 5.75 Å². The van der Waals surface area contributed by atoms with Crippen molar-refractivity contribution in [3.8, 4) is 18.6 Å². The Morgan fingerprint density at radius 2 is 1.57 bits per heavy atom. The van der Waals surface area contributed by atoms with Crippen molar-refractivity contribution < 1.29 is 18.7 Å². The molecule has 5 heteroatoms. The number of carbonyl (C=O) groups excluding carboxylic acids is 1. The Morgan fingerprint density at radius 1 is 1.03 bits per heavy atom. The molecule has 0 aliphatic carbocycles. The van der Waals surface area contributed by atoms with Crippen LogP contribution in [0.25, 0.3) is 11.0 Å². The number of methoxy groups -OCH3 is 1. The van der Waals surface area contributed by atoms with Crippen molar-refractivity contribution in [2.24, 2.45) is 5.73 Å². The van der Waals surface area contributed by atoms with Crippen LogP contribution in [0.3, 0.4) is 0 Å². The number of hydrogen-bond acceptors (Lipinski definition) is 5. The van der Waals surface area contributed by atoms with Gasteiger partial charge in [-0.2, -0.15) is 0 Å². The van der Waals surface area contributed by atoms with Crippen molar-refractivity contribution in [1.82, 2.24) is 0 Å². The van der Waals surface area contributed by atoms with Crippen molar-refractivity contribution >= 4 is 16.8 Å². The van der Waals surface area contributed by atoms with Gasteiger partial charge in [-0.3, -0.25) is 4.79 Å². The van der Waals surface area contributed by atoms with Crippen LogP contribution in [-0.4, -0.2) is 32.1 Å². The Bertz CT molecular complexity index is 1020. The number of terminal acetylenes is 1. The molecule has 0 spiro atoms. The fourth-order valence-corrected chi connectivity index (χ4v) is 3.38. The zero-order valence-corrected chi connectivity index (χ0v) is 24.7. The topological polar surface area (TPSA) is 74.7 Å². The van der Waals surface area contributed by atoms with Gasteiger partial charge in [-0.1, -0.05) is 59.7 Å². The van der Waals surface area contributed by atoms with E-state index in [1.807, 2.05) is 84.9 Å². The first-order valence-corrected chi connectivity index (χ1v) is 13.2. The van der Waals surface area contributed by atoms with E-state index >= 15 is 0 Å². The Kier molecular flexibility index (Phi) is 20.5. The molecular weight excluding hydrogens is 462 g/mol. The molecule has 0 fully saturated rings. The molecule has 0 amide bonds. The first kappa shape index (κ1) is 36.1. The highest BCUT2D eigenvalue weighted by Crippen LogP contribution is 2.31. The van der Waals surface area contributed by atoms with Gasteiger partial charge in [0, 0.05) is 31.0 Å². The molecule has 1 aromatic heterocycles. The van der Waals surface area contributed by atoms with Crippen LogP contribution in [0.4, 0.5) is 0 Å². The lowest BCUT2D eigenvalue weighted by molar-refractivity contribution is 0.103. The summed E-state index contributed by atoms with van der Waals surface area (Å²) in [6.45, 7) is 19.0. The molecule has 0 aliphatic rings. The molecule has 0 saturated carbocycles. The third-order valence-corrected chi connectivity index (χ3v) is 5.28. The molecule has 0 unspecified atom stereocenters. The predicted octanol–water partition coefficient (Wildman–Crippen LogP) is 7.91. The number of fused-ring (bicyclic) bond motifs is 1. The first-order chi connectivity index (χ1) is 17.9. The molecule has 0 saturated heterocycles. The van der Waals surface area contributed by atoms with Gasteiger partial charge < -0.3 is 19.6 Å². The number of aryl methyl sites for hydroxylation is 3. The Labute approximate surface area is 225 Å². The Balaban J connectivity index is 0. The smallest absolute Gasteiger partial charge is 0.197 e. The maximum atomic E-state index is 13.2. The van der Waals surface area contributed by atoms with Crippen molar-refractivity contribution in [1.29, 1.82) is 0 Å². The average Bonchev–Trinajstić information content (AvgIpc) is 3.34. The van der Waals surface area contributed by atoms with Crippen molar-refractivity contribution in [3.05, 3.63) is 64.4 Å². The summed E-state index contributed by atoms with van der Waals surface area (Å²) in [5, 5.41) is 0.864. The molecule has 0 bridgehead atoms. The van der Waals surface area contributed by atoms with Gasteiger partial charge in [0.15, 0.2) is 5.78 Å². The molecule has 5 nitrogen and oxygen atoms in total. The second kappa shape index (κ2) is 21.1. The minimum atomic E-state index is -0.0154. The second-order valence-electron chi connectivity index (χ2n) is 7.61. The highest BCUT2D eigenvalue weighted by molar-refractivity contribution is 6.17. The molecule has 2 N–H and O–H groups in total. The number of nitrogens with two attached hydrogens (primary N) is 1. The molecule has 3 aromatic rings. The number of rotatable bonds is 8. The molecule has 1 heterocycles. The largest absolute Gasteiger partial charge is 0.492 e. The maximum absolute atomic E-state index is 13.2. The second-order valence-corrected chi connectivity index (χ2v) is 7.61. The normalized spacial score (nSPS) is 10.2. The predicted molar refractivity (Wildman–Crippen MR) is 159 cm³/mol. The summed E-state index contributed by atoms with van der Waals surface area (Å²) in [5.41, 5.74) is 9.44. The van der Waals surface area contributed by atoms with Crippen LogP contribution in [0.2, 0.25) is 0 Å². The number of para-hydroxylation sites is 1. The fourth-order valence-electron chi connectivity index (χ4n) is 3.38. The van der Waals surface area contributed by atoms with Gasteiger partial charge in [0.25, 0.3) is 0 Å². The number of benzene rings is 2. The van der Waals surface area contributed by atoms with Crippen LogP contribution < -0.4 is 10.5 Å². The molecule has 37 heavy (non-hydrogen) atoms. The molecule has 3 rings (SSSR count). The lowest BCUT2D eigenvalue weighted by Gasteiger charge is -2.13. The SMILES string of the molecule is C#C.CC.CC.CC[C@H](C)OC.CCc1oc2ccccc2c1C(=O)c1cc(C)c(OCCN)c(C)c1. The summed E-state index contributed by atoms with van der Waals surface area (Å²) >= 11 is 0. The van der Waals surface area contributed by atoms with E-state index in [0.29, 0.717) is 36.8 Å². The van der Waals surface area contributed by atoms with Crippen LogP contribution in [0.1, 0.15) is 87.7 Å². The molecule has 1 atom stereocenters. The summed E-state index contributed by atoms with van der Waals surface area (Å²) in [5.74, 6) is 1.51. The van der Waals surface area contributed by atoms with Gasteiger partial charge in [0.05, 0.1) is 11.7 Å². The van der Waals surface area contributed by atoms with Gasteiger partial charge in [-0.05, 0) is 56.5 Å². The van der Waals surface area contributed by atoms with Gasteiger partial charge in [-0.25, -0.2) is 0 Å². The van der Waals surface area contributed by atoms with E-state index in [1.165, 1.54) is 0 Å². The summed E-state index contributed by atoms with van der Waals surface area (Å²) in [6.07, 6.45) is 10.2. The first-order valence-electron chi connectivity index (χ1n) is 13.2. The average molecular weight is 512 g/mol. The van der Waals surface area contributed by atoms with E-state index in [1.54, 1.807) is 7.11 Å². The van der Waals surface area contributed by atoms with Gasteiger partial charge in [0.1, 0.15) is 23.7 Å². The molecule has 2 aromatic carbocycles. The maximum Gasteiger partial charge on any atom is 0.197 e. The minimum Gasteiger partial charge on any atom is -0.492 e. The Morgan fingerprint density at radius 3 is 2.00 bits per heavy atom. The van der Waals surface area contributed by atoms with Crippen LogP contribution >= 0.6 is 0 Å². The Hall–Kier alpha value is -3.07. The molecular formula is C32H49NO4. The summed E-state index contributed by atoms with van der Waals surface area (Å²) in [6, 6.07) is 11.4. The van der Waals surface area contributed by atoms with Crippen LogP contribution in [-0.2, 0) is 11.2 Å². The van der Waals surface area contributed by atoms with E-state index in [4.69, 9.17) is 19.6 Å². The zero-order chi connectivity index (χ0) is 29.0. The lowest BCUT2D eigenvalue weighted by atomic mass is 9.96. The number of furan rings is 1. The van der Waals surface area contributed by atoms with E-state index in [-0.39, 0.29) is 5.78 Å². The van der Waals surface area contributed by atoms with Crippen molar-refractivity contribution in [2.75, 3.05) is 20.3 Å². The lowest BCUT2D eigenvalue weighted by Crippen LogP contribution is -2.12. The zero-order valence-electron chi connectivity index (χ0n) is 24.7. The quantitative estimate of drug-likeness (QED) is 0.246. The third-order valence-electron chi connectivity index (χ3n) is 5.28. The highest BCUT2D eigenvalue weighted by Gasteiger charge is 2.22. The standard InChI is InChI=1S/C21H23NO3.C5H12O.2C2H6.C2H2/c1-4-17-19(16-7-5-6-8-18(16)25-17)20(23)15-11-13(2)21(14(3)12-15)24-10-9-22;1-4-5(2)6-3;3*1-2/h5-8,11-12H,4,9-10,22H2,1-3H3;5H,4H2,1-3H3;2*1-2H3;1-2H/t;5-;;;/m.0.../s1. The van der Waals surface area contributed by atoms with Gasteiger partial charge in [0.2, 0.25) is 0 Å². The number of hydrogen-bond donors (Lipinski definition) is 1. The number of ether oxygens (including phenoxy) is 2. The van der Waals surface area contributed by atoms with Crippen LogP contribution in [0.15, 0.2) is 40.8 Å². The third kappa shape index (κ3) is 10.8. The van der Waals surface area contributed by atoms with E-state index in [9.17, 15) is 4.79 Å². The van der Waals surface area contributed by atoms with Gasteiger partial charge >= 0.3 is 0 Å². The molecule has 0 radical (unpaired) electrons. The van der Waals surface area contributed by atoms with Gasteiger partial charge in [-0.15, -0.1) is 12.8 Å². The van der Waals surface area contributed by atoms with E-state index < -0.39 is 0 Å². The molecule has 0 aliphatic heterocycles. The van der Waals surface area contributed by atoms with E-state index in [0.717, 1.165) is 40.0 Å². The van der Waals surface area contributed by atoms with E-state index in [2.05, 4.69) is 26.7 Å². The molecule has 206 valence electrons. The fraction of sp³-hybridized carbons (Fsp3) is 0.469. The summed E-state index contributed by atoms with van der Waals surface area (Å²) in [7, 11) is 1.73. The monoisotopic (exact) mass is 511 g/mol. The minimum absolute atomic E-state index is 0.0154. The van der Waals surface area contributed by atoms with Crippen molar-refractivity contribution in [2.45, 2.75) is 81.3 Å². The van der Waals surface area contributed by atoms with Crippen LogP contribution in [0, 0.1) is 26.7 Å². The number of ketones is 1. The highest BCUT2D eigenvalue weighted by atomic mass is 16.5.